The molecule has 0 saturated carbocycles. The Morgan fingerprint density at radius 2 is 2.10 bits per heavy atom. The van der Waals surface area contributed by atoms with Crippen molar-refractivity contribution < 1.29 is 13.9 Å². The van der Waals surface area contributed by atoms with E-state index in [1.807, 2.05) is 6.92 Å². The van der Waals surface area contributed by atoms with E-state index in [9.17, 15) is 4.39 Å². The second-order valence-corrected chi connectivity index (χ2v) is 3.82. The average molecular weight is 278 g/mol. The van der Waals surface area contributed by atoms with E-state index in [4.69, 9.17) is 15.3 Å². The molecule has 1 aromatic heterocycles. The highest BCUT2D eigenvalue weighted by Crippen LogP contribution is 2.24. The van der Waals surface area contributed by atoms with E-state index >= 15 is 0 Å². The predicted octanol–water partition coefficient (Wildman–Crippen LogP) is 2.23. The van der Waals surface area contributed by atoms with Crippen molar-refractivity contribution in [2.24, 2.45) is 5.84 Å². The highest BCUT2D eigenvalue weighted by Gasteiger charge is 2.08. The molecule has 0 radical (unpaired) electrons. The fourth-order valence-corrected chi connectivity index (χ4v) is 1.50. The van der Waals surface area contributed by atoms with Crippen molar-refractivity contribution in [1.29, 1.82) is 0 Å². The smallest absolute Gasteiger partial charge is 0.224 e. The normalized spacial score (nSPS) is 10.3. The number of halogens is 1. The number of ether oxygens (including phenoxy) is 2. The summed E-state index contributed by atoms with van der Waals surface area (Å²) in [6.45, 7) is 2.62. The zero-order chi connectivity index (χ0) is 14.4. The Bertz CT molecular complexity index is 580. The standard InChI is InChI=1S/C13H15FN4O2/c1-2-19-8-12-16-11(18-15)7-13(17-12)20-10-6-4-3-5-9(10)14/h3-7H,2,8,15H2,1H3,(H,16,17,18). The number of hydrogen-bond donors (Lipinski definition) is 2. The van der Waals surface area contributed by atoms with Crippen molar-refractivity contribution in [2.75, 3.05) is 12.0 Å². The van der Waals surface area contributed by atoms with Crippen LogP contribution in [0.1, 0.15) is 12.7 Å². The minimum Gasteiger partial charge on any atom is -0.436 e. The highest BCUT2D eigenvalue weighted by atomic mass is 19.1. The van der Waals surface area contributed by atoms with Gasteiger partial charge in [0.2, 0.25) is 5.88 Å². The monoisotopic (exact) mass is 278 g/mol. The van der Waals surface area contributed by atoms with Gasteiger partial charge in [0, 0.05) is 12.7 Å². The number of aromatic nitrogens is 2. The van der Waals surface area contributed by atoms with Crippen LogP contribution in [0.2, 0.25) is 0 Å². The van der Waals surface area contributed by atoms with Gasteiger partial charge in [-0.3, -0.25) is 0 Å². The molecule has 7 heteroatoms. The molecule has 0 saturated heterocycles. The molecule has 2 aromatic rings. The Morgan fingerprint density at radius 1 is 1.30 bits per heavy atom. The largest absolute Gasteiger partial charge is 0.436 e. The first-order valence-electron chi connectivity index (χ1n) is 6.07. The number of nitrogens with zero attached hydrogens (tertiary/aromatic N) is 2. The van der Waals surface area contributed by atoms with Crippen LogP contribution >= 0.6 is 0 Å². The molecule has 0 fully saturated rings. The Labute approximate surface area is 115 Å². The van der Waals surface area contributed by atoms with Crippen molar-refractivity contribution >= 4 is 5.82 Å². The van der Waals surface area contributed by atoms with E-state index < -0.39 is 5.82 Å². The maximum atomic E-state index is 13.5. The van der Waals surface area contributed by atoms with E-state index in [2.05, 4.69) is 15.4 Å². The molecule has 3 N–H and O–H groups in total. The summed E-state index contributed by atoms with van der Waals surface area (Å²) in [5, 5.41) is 0. The van der Waals surface area contributed by atoms with Crippen molar-refractivity contribution in [3.8, 4) is 11.6 Å². The van der Waals surface area contributed by atoms with Gasteiger partial charge >= 0.3 is 0 Å². The van der Waals surface area contributed by atoms with E-state index in [0.29, 0.717) is 18.2 Å². The summed E-state index contributed by atoms with van der Waals surface area (Å²) < 4.78 is 24.1. The minimum absolute atomic E-state index is 0.0801. The number of anilines is 1. The van der Waals surface area contributed by atoms with Crippen LogP contribution in [0.15, 0.2) is 30.3 Å². The molecule has 0 bridgehead atoms. The Kier molecular flexibility index (Phi) is 4.80. The summed E-state index contributed by atoms with van der Waals surface area (Å²) in [5.41, 5.74) is 2.40. The number of nitrogens with one attached hydrogen (secondary N) is 1. The van der Waals surface area contributed by atoms with Crippen molar-refractivity contribution in [3.05, 3.63) is 42.0 Å². The van der Waals surface area contributed by atoms with Crippen molar-refractivity contribution in [2.45, 2.75) is 13.5 Å². The van der Waals surface area contributed by atoms with Crippen LogP contribution in [-0.2, 0) is 11.3 Å². The van der Waals surface area contributed by atoms with Gasteiger partial charge in [0.1, 0.15) is 12.4 Å². The van der Waals surface area contributed by atoms with Crippen LogP contribution in [-0.4, -0.2) is 16.6 Å². The summed E-state index contributed by atoms with van der Waals surface area (Å²) in [5.74, 6) is 5.88. The Hall–Kier alpha value is -2.25. The molecule has 2 rings (SSSR count). The fraction of sp³-hybridized carbons (Fsp3) is 0.231. The summed E-state index contributed by atoms with van der Waals surface area (Å²) in [6, 6.07) is 7.54. The van der Waals surface area contributed by atoms with Gasteiger partial charge in [-0.2, -0.15) is 4.98 Å². The lowest BCUT2D eigenvalue weighted by atomic mass is 10.3. The average Bonchev–Trinajstić information content (AvgIpc) is 2.47. The summed E-state index contributed by atoms with van der Waals surface area (Å²) in [7, 11) is 0. The van der Waals surface area contributed by atoms with Gasteiger partial charge in [0.05, 0.1) is 0 Å². The van der Waals surface area contributed by atoms with Gasteiger partial charge in [0.15, 0.2) is 17.4 Å². The van der Waals surface area contributed by atoms with Gasteiger partial charge in [0.25, 0.3) is 0 Å². The first-order chi connectivity index (χ1) is 9.72. The first kappa shape index (κ1) is 14.2. The van der Waals surface area contributed by atoms with Crippen LogP contribution in [0, 0.1) is 5.82 Å². The quantitative estimate of drug-likeness (QED) is 0.623. The number of rotatable bonds is 6. The molecule has 20 heavy (non-hydrogen) atoms. The van der Waals surface area contributed by atoms with Gasteiger partial charge in [-0.25, -0.2) is 15.2 Å². The molecule has 0 unspecified atom stereocenters. The van der Waals surface area contributed by atoms with E-state index in [-0.39, 0.29) is 18.2 Å². The van der Waals surface area contributed by atoms with E-state index in [1.165, 1.54) is 18.2 Å². The van der Waals surface area contributed by atoms with E-state index in [1.54, 1.807) is 12.1 Å². The van der Waals surface area contributed by atoms with E-state index in [0.717, 1.165) is 0 Å². The Balaban J connectivity index is 2.24. The molecular weight excluding hydrogens is 263 g/mol. The molecule has 0 aliphatic heterocycles. The van der Waals surface area contributed by atoms with Gasteiger partial charge < -0.3 is 14.9 Å². The highest BCUT2D eigenvalue weighted by molar-refractivity contribution is 5.39. The number of hydrogen-bond acceptors (Lipinski definition) is 6. The molecule has 0 amide bonds. The van der Waals surface area contributed by atoms with Crippen LogP contribution in [0.5, 0.6) is 11.6 Å². The lowest BCUT2D eigenvalue weighted by molar-refractivity contribution is 0.128. The SMILES string of the molecule is CCOCc1nc(NN)cc(Oc2ccccc2F)n1. The third-order valence-electron chi connectivity index (χ3n) is 2.38. The molecule has 106 valence electrons. The van der Waals surface area contributed by atoms with Crippen LogP contribution in [0.3, 0.4) is 0 Å². The number of para-hydroxylation sites is 1. The van der Waals surface area contributed by atoms with Crippen LogP contribution in [0.4, 0.5) is 10.2 Å². The van der Waals surface area contributed by atoms with Gasteiger partial charge in [-0.05, 0) is 19.1 Å². The van der Waals surface area contributed by atoms with Crippen molar-refractivity contribution in [3.63, 3.8) is 0 Å². The second-order valence-electron chi connectivity index (χ2n) is 3.82. The molecule has 0 spiro atoms. The Morgan fingerprint density at radius 3 is 2.80 bits per heavy atom. The number of hydrazine groups is 1. The van der Waals surface area contributed by atoms with Gasteiger partial charge in [-0.15, -0.1) is 0 Å². The summed E-state index contributed by atoms with van der Waals surface area (Å²) in [6.07, 6.45) is 0. The molecule has 0 atom stereocenters. The second kappa shape index (κ2) is 6.78. The van der Waals surface area contributed by atoms with Crippen molar-refractivity contribution in [1.82, 2.24) is 9.97 Å². The zero-order valence-corrected chi connectivity index (χ0v) is 11.0. The number of benzene rings is 1. The molecule has 1 heterocycles. The first-order valence-corrected chi connectivity index (χ1v) is 6.07. The topological polar surface area (TPSA) is 82.3 Å². The zero-order valence-electron chi connectivity index (χ0n) is 11.0. The fourth-order valence-electron chi connectivity index (χ4n) is 1.50. The minimum atomic E-state index is -0.472. The molecule has 6 nitrogen and oxygen atoms in total. The van der Waals surface area contributed by atoms with Crippen LogP contribution < -0.4 is 16.0 Å². The lowest BCUT2D eigenvalue weighted by Gasteiger charge is -2.09. The lowest BCUT2D eigenvalue weighted by Crippen LogP contribution is -2.11. The number of nitrogen functional groups attached to an aromatic ring is 1. The molecule has 0 aliphatic rings. The molecule has 1 aromatic carbocycles. The molecular formula is C13H15FN4O2. The third-order valence-corrected chi connectivity index (χ3v) is 2.38. The predicted molar refractivity (Wildman–Crippen MR) is 71.6 cm³/mol. The maximum Gasteiger partial charge on any atom is 0.224 e. The summed E-state index contributed by atoms with van der Waals surface area (Å²) in [4.78, 5) is 8.24. The summed E-state index contributed by atoms with van der Waals surface area (Å²) >= 11 is 0. The molecule has 0 aliphatic carbocycles. The number of nitrogens with two attached hydrogens (primary N) is 1. The third kappa shape index (κ3) is 3.62. The van der Waals surface area contributed by atoms with Crippen LogP contribution in [0.25, 0.3) is 0 Å². The van der Waals surface area contributed by atoms with Gasteiger partial charge in [-0.1, -0.05) is 12.1 Å². The maximum absolute atomic E-state index is 13.5.